The molecule has 0 bridgehead atoms. The van der Waals surface area contributed by atoms with E-state index >= 15 is 0 Å². The lowest BCUT2D eigenvalue weighted by Crippen LogP contribution is -2.30. The summed E-state index contributed by atoms with van der Waals surface area (Å²) in [6.45, 7) is 6.33. The number of carbonyl (C=O) groups is 2. The maximum Gasteiger partial charge on any atom is 0.348 e. The molecule has 0 aliphatic carbocycles. The number of anilines is 1. The summed E-state index contributed by atoms with van der Waals surface area (Å²) in [6.07, 6.45) is 0.903. The molecule has 0 fully saturated rings. The molecule has 1 aromatic heterocycles. The molecule has 0 radical (unpaired) electrons. The Morgan fingerprint density at radius 2 is 2.16 bits per heavy atom. The molecular formula is C13H20N2O3S. The summed E-state index contributed by atoms with van der Waals surface area (Å²) in [5.41, 5.74) is 6.22. The number of nitrogens with one attached hydrogen (secondary N) is 1. The van der Waals surface area contributed by atoms with Crippen molar-refractivity contribution in [1.82, 2.24) is 5.32 Å². The van der Waals surface area contributed by atoms with Gasteiger partial charge in [0.05, 0.1) is 0 Å². The first-order chi connectivity index (χ1) is 8.90. The minimum Gasteiger partial charge on any atom is -0.451 e. The monoisotopic (exact) mass is 284 g/mol. The summed E-state index contributed by atoms with van der Waals surface area (Å²) in [7, 11) is 0. The van der Waals surface area contributed by atoms with Crippen molar-refractivity contribution in [3.63, 3.8) is 0 Å². The third-order valence-electron chi connectivity index (χ3n) is 2.54. The minimum absolute atomic E-state index is 0.256. The predicted molar refractivity (Wildman–Crippen MR) is 76.2 cm³/mol. The number of amides is 1. The number of aryl methyl sites for hydroxylation is 1. The third-order valence-corrected chi connectivity index (χ3v) is 3.58. The van der Waals surface area contributed by atoms with Gasteiger partial charge in [0.2, 0.25) is 0 Å². The first kappa shape index (κ1) is 15.5. The van der Waals surface area contributed by atoms with Crippen LogP contribution in [-0.2, 0) is 9.53 Å². The number of thiophene rings is 1. The molecule has 1 heterocycles. The Morgan fingerprint density at radius 1 is 1.47 bits per heavy atom. The number of carbonyl (C=O) groups excluding carboxylic acids is 2. The average Bonchev–Trinajstić information content (AvgIpc) is 2.66. The van der Waals surface area contributed by atoms with Crippen molar-refractivity contribution in [3.05, 3.63) is 15.8 Å². The van der Waals surface area contributed by atoms with Crippen LogP contribution in [0.3, 0.4) is 0 Å². The average molecular weight is 284 g/mol. The number of nitrogen functional groups attached to an aromatic ring is 1. The topological polar surface area (TPSA) is 81.4 Å². The van der Waals surface area contributed by atoms with E-state index < -0.39 is 5.97 Å². The molecule has 0 saturated carbocycles. The molecule has 0 saturated heterocycles. The molecule has 1 amide bonds. The third kappa shape index (κ3) is 5.30. The van der Waals surface area contributed by atoms with Gasteiger partial charge in [-0.15, -0.1) is 11.3 Å². The number of esters is 1. The van der Waals surface area contributed by atoms with Crippen LogP contribution in [0.15, 0.2) is 6.07 Å². The highest BCUT2D eigenvalue weighted by molar-refractivity contribution is 7.14. The van der Waals surface area contributed by atoms with Gasteiger partial charge in [-0.05, 0) is 25.3 Å². The largest absolute Gasteiger partial charge is 0.451 e. The van der Waals surface area contributed by atoms with Crippen LogP contribution in [0.2, 0.25) is 0 Å². The van der Waals surface area contributed by atoms with Crippen molar-refractivity contribution in [3.8, 4) is 0 Å². The van der Waals surface area contributed by atoms with Gasteiger partial charge in [-0.1, -0.05) is 13.8 Å². The van der Waals surface area contributed by atoms with Gasteiger partial charge < -0.3 is 15.8 Å². The zero-order chi connectivity index (χ0) is 14.4. The van der Waals surface area contributed by atoms with Gasteiger partial charge >= 0.3 is 5.97 Å². The summed E-state index contributed by atoms with van der Waals surface area (Å²) in [5.74, 6) is -0.265. The quantitative estimate of drug-likeness (QED) is 0.782. The summed E-state index contributed by atoms with van der Waals surface area (Å²) in [4.78, 5) is 24.4. The molecule has 0 aliphatic rings. The lowest BCUT2D eigenvalue weighted by Gasteiger charge is -2.07. The van der Waals surface area contributed by atoms with E-state index in [1.807, 2.05) is 6.92 Å². The molecule has 19 heavy (non-hydrogen) atoms. The molecule has 0 atom stereocenters. The van der Waals surface area contributed by atoms with E-state index in [9.17, 15) is 9.59 Å². The Balaban J connectivity index is 2.32. The summed E-state index contributed by atoms with van der Waals surface area (Å²) >= 11 is 1.26. The Morgan fingerprint density at radius 3 is 2.68 bits per heavy atom. The minimum atomic E-state index is -0.510. The smallest absolute Gasteiger partial charge is 0.348 e. The molecule has 106 valence electrons. The van der Waals surface area contributed by atoms with Crippen LogP contribution in [0.4, 0.5) is 5.69 Å². The van der Waals surface area contributed by atoms with E-state index in [1.165, 1.54) is 11.3 Å². The molecular weight excluding hydrogens is 264 g/mol. The highest BCUT2D eigenvalue weighted by Crippen LogP contribution is 2.23. The first-order valence-corrected chi connectivity index (χ1v) is 7.01. The Labute approximate surface area is 117 Å². The van der Waals surface area contributed by atoms with E-state index in [1.54, 1.807) is 6.07 Å². The standard InChI is InChI=1S/C13H20N2O3S/c1-8(2)4-5-15-12(16)7-18-13(17)11-6-10(14)9(3)19-11/h6,8H,4-5,7,14H2,1-3H3,(H,15,16). The molecule has 6 heteroatoms. The molecule has 0 spiro atoms. The molecule has 0 unspecified atom stereocenters. The predicted octanol–water partition coefficient (Wildman–Crippen LogP) is 1.96. The zero-order valence-corrected chi connectivity index (χ0v) is 12.3. The maximum absolute atomic E-state index is 11.6. The second-order valence-electron chi connectivity index (χ2n) is 4.73. The van der Waals surface area contributed by atoms with E-state index in [4.69, 9.17) is 10.5 Å². The molecule has 1 aromatic rings. The Bertz CT molecular complexity index is 435. The summed E-state index contributed by atoms with van der Waals surface area (Å²) < 4.78 is 4.92. The fourth-order valence-corrected chi connectivity index (χ4v) is 2.19. The second-order valence-corrected chi connectivity index (χ2v) is 5.99. The molecule has 0 aromatic carbocycles. The van der Waals surface area contributed by atoms with Gasteiger partial charge in [0.1, 0.15) is 4.88 Å². The normalized spacial score (nSPS) is 10.5. The summed E-state index contributed by atoms with van der Waals surface area (Å²) in [5, 5.41) is 2.70. The van der Waals surface area contributed by atoms with Gasteiger partial charge in [0.15, 0.2) is 6.61 Å². The van der Waals surface area contributed by atoms with Crippen molar-refractivity contribution in [2.24, 2.45) is 5.92 Å². The molecule has 1 rings (SSSR count). The number of hydrogen-bond acceptors (Lipinski definition) is 5. The highest BCUT2D eigenvalue weighted by Gasteiger charge is 2.13. The van der Waals surface area contributed by atoms with Crippen LogP contribution < -0.4 is 11.1 Å². The van der Waals surface area contributed by atoms with Crippen molar-refractivity contribution < 1.29 is 14.3 Å². The number of ether oxygens (including phenoxy) is 1. The van der Waals surface area contributed by atoms with Crippen LogP contribution in [0, 0.1) is 12.8 Å². The van der Waals surface area contributed by atoms with E-state index in [2.05, 4.69) is 19.2 Å². The zero-order valence-electron chi connectivity index (χ0n) is 11.5. The number of hydrogen-bond donors (Lipinski definition) is 2. The fraction of sp³-hybridized carbons (Fsp3) is 0.538. The van der Waals surface area contributed by atoms with Crippen molar-refractivity contribution >= 4 is 28.9 Å². The van der Waals surface area contributed by atoms with Gasteiger partial charge in [-0.3, -0.25) is 4.79 Å². The lowest BCUT2D eigenvalue weighted by atomic mass is 10.1. The summed E-state index contributed by atoms with van der Waals surface area (Å²) in [6, 6.07) is 1.57. The van der Waals surface area contributed by atoms with Gasteiger partial charge in [0.25, 0.3) is 5.91 Å². The van der Waals surface area contributed by atoms with E-state index in [-0.39, 0.29) is 12.5 Å². The lowest BCUT2D eigenvalue weighted by molar-refractivity contribution is -0.124. The Kier molecular flexibility index (Phi) is 5.82. The van der Waals surface area contributed by atoms with Crippen LogP contribution in [-0.4, -0.2) is 25.0 Å². The van der Waals surface area contributed by atoms with Crippen LogP contribution in [0.1, 0.15) is 34.8 Å². The second kappa shape index (κ2) is 7.13. The van der Waals surface area contributed by atoms with Crippen LogP contribution >= 0.6 is 11.3 Å². The highest BCUT2D eigenvalue weighted by atomic mass is 32.1. The molecule has 0 aliphatic heterocycles. The van der Waals surface area contributed by atoms with Crippen molar-refractivity contribution in [2.45, 2.75) is 27.2 Å². The number of nitrogens with two attached hydrogens (primary N) is 1. The molecule has 3 N–H and O–H groups in total. The maximum atomic E-state index is 11.6. The van der Waals surface area contributed by atoms with Crippen molar-refractivity contribution in [1.29, 1.82) is 0 Å². The van der Waals surface area contributed by atoms with Crippen molar-refractivity contribution in [2.75, 3.05) is 18.9 Å². The fourth-order valence-electron chi connectivity index (χ4n) is 1.35. The SMILES string of the molecule is Cc1sc(C(=O)OCC(=O)NCCC(C)C)cc1N. The van der Waals surface area contributed by atoms with E-state index in [0.717, 1.165) is 11.3 Å². The van der Waals surface area contributed by atoms with Crippen LogP contribution in [0.5, 0.6) is 0 Å². The first-order valence-electron chi connectivity index (χ1n) is 6.20. The van der Waals surface area contributed by atoms with E-state index in [0.29, 0.717) is 23.0 Å². The van der Waals surface area contributed by atoms with Crippen LogP contribution in [0.25, 0.3) is 0 Å². The number of rotatable bonds is 6. The van der Waals surface area contributed by atoms with Gasteiger partial charge in [0, 0.05) is 17.1 Å². The van der Waals surface area contributed by atoms with Gasteiger partial charge in [-0.25, -0.2) is 4.79 Å². The molecule has 5 nitrogen and oxygen atoms in total. The van der Waals surface area contributed by atoms with Gasteiger partial charge in [-0.2, -0.15) is 0 Å². The Hall–Kier alpha value is -1.56.